The highest BCUT2D eigenvalue weighted by atomic mass is 32.1. The lowest BCUT2D eigenvalue weighted by Crippen LogP contribution is -2.33. The first kappa shape index (κ1) is 17.2. The lowest BCUT2D eigenvalue weighted by molar-refractivity contribution is 0.0975. The lowest BCUT2D eigenvalue weighted by Gasteiger charge is -2.19. The van der Waals surface area contributed by atoms with Gasteiger partial charge in [-0.25, -0.2) is 0 Å². The molecule has 1 aromatic carbocycles. The molecule has 0 atom stereocenters. The summed E-state index contributed by atoms with van der Waals surface area (Å²) in [5, 5.41) is 9.72. The standard InChI is InChI=1S/C18H18N4O2S/c1-13-3-5-15(6-4-13)17(23)22(11-12-24-2)18-21-20-16(25-18)14-7-9-19-10-8-14/h3-10H,11-12H2,1-2H3. The third-order valence-corrected chi connectivity index (χ3v) is 4.63. The molecule has 6 nitrogen and oxygen atoms in total. The number of carbonyl (C=O) groups is 1. The van der Waals surface area contributed by atoms with E-state index in [1.807, 2.05) is 43.3 Å². The molecule has 0 aliphatic rings. The Morgan fingerprint density at radius 1 is 1.12 bits per heavy atom. The van der Waals surface area contributed by atoms with Crippen LogP contribution in [-0.4, -0.2) is 41.3 Å². The second-order valence-electron chi connectivity index (χ2n) is 5.44. The highest BCUT2D eigenvalue weighted by Crippen LogP contribution is 2.29. The van der Waals surface area contributed by atoms with Gasteiger partial charge in [-0.1, -0.05) is 29.0 Å². The molecule has 0 fully saturated rings. The van der Waals surface area contributed by atoms with Gasteiger partial charge in [-0.2, -0.15) is 0 Å². The van der Waals surface area contributed by atoms with Crippen molar-refractivity contribution in [3.63, 3.8) is 0 Å². The van der Waals surface area contributed by atoms with Gasteiger partial charge in [-0.15, -0.1) is 10.2 Å². The first-order chi connectivity index (χ1) is 12.2. The fraction of sp³-hybridized carbons (Fsp3) is 0.222. The Bertz CT molecular complexity index is 834. The SMILES string of the molecule is COCCN(C(=O)c1ccc(C)cc1)c1nnc(-c2ccncc2)s1. The molecule has 1 amide bonds. The molecule has 2 aromatic heterocycles. The summed E-state index contributed by atoms with van der Waals surface area (Å²) in [7, 11) is 1.61. The van der Waals surface area contributed by atoms with Crippen LogP contribution < -0.4 is 4.90 Å². The second-order valence-corrected chi connectivity index (χ2v) is 6.40. The van der Waals surface area contributed by atoms with Crippen LogP contribution in [0.3, 0.4) is 0 Å². The third-order valence-electron chi connectivity index (χ3n) is 3.64. The zero-order valence-electron chi connectivity index (χ0n) is 14.0. The van der Waals surface area contributed by atoms with Gasteiger partial charge >= 0.3 is 0 Å². The summed E-state index contributed by atoms with van der Waals surface area (Å²) >= 11 is 1.37. The molecule has 0 N–H and O–H groups in total. The molecule has 0 bridgehead atoms. The third kappa shape index (κ3) is 4.07. The number of rotatable bonds is 6. The number of aromatic nitrogens is 3. The molecular formula is C18H18N4O2S. The Hall–Kier alpha value is -2.64. The van der Waals surface area contributed by atoms with Gasteiger partial charge in [0.05, 0.1) is 13.2 Å². The summed E-state index contributed by atoms with van der Waals surface area (Å²) in [6, 6.07) is 11.2. The molecule has 0 unspecified atom stereocenters. The molecule has 128 valence electrons. The van der Waals surface area contributed by atoms with Crippen LogP contribution in [0.25, 0.3) is 10.6 Å². The Labute approximate surface area is 150 Å². The maximum absolute atomic E-state index is 12.9. The number of ether oxygens (including phenoxy) is 1. The van der Waals surface area contributed by atoms with E-state index in [2.05, 4.69) is 15.2 Å². The highest BCUT2D eigenvalue weighted by molar-refractivity contribution is 7.18. The molecule has 2 heterocycles. The van der Waals surface area contributed by atoms with Gasteiger partial charge in [0.15, 0.2) is 0 Å². The highest BCUT2D eigenvalue weighted by Gasteiger charge is 2.21. The first-order valence-electron chi connectivity index (χ1n) is 7.80. The minimum atomic E-state index is -0.116. The number of pyridine rings is 1. The van der Waals surface area contributed by atoms with E-state index in [0.717, 1.165) is 16.1 Å². The number of hydrogen-bond donors (Lipinski definition) is 0. The minimum Gasteiger partial charge on any atom is -0.383 e. The second kappa shape index (κ2) is 7.96. The van der Waals surface area contributed by atoms with E-state index in [4.69, 9.17) is 4.74 Å². The van der Waals surface area contributed by atoms with Crippen molar-refractivity contribution in [1.82, 2.24) is 15.2 Å². The van der Waals surface area contributed by atoms with Crippen LogP contribution in [0.15, 0.2) is 48.8 Å². The summed E-state index contributed by atoms with van der Waals surface area (Å²) in [5.74, 6) is -0.116. The van der Waals surface area contributed by atoms with Gasteiger partial charge in [-0.05, 0) is 31.2 Å². The van der Waals surface area contributed by atoms with Gasteiger partial charge in [-0.3, -0.25) is 14.7 Å². The van der Waals surface area contributed by atoms with Crippen molar-refractivity contribution in [1.29, 1.82) is 0 Å². The van der Waals surface area contributed by atoms with Gasteiger partial charge in [0.2, 0.25) is 5.13 Å². The molecule has 0 aliphatic heterocycles. The number of hydrogen-bond acceptors (Lipinski definition) is 6. The van der Waals surface area contributed by atoms with Crippen molar-refractivity contribution >= 4 is 22.4 Å². The Morgan fingerprint density at radius 2 is 1.84 bits per heavy atom. The van der Waals surface area contributed by atoms with Crippen LogP contribution in [0, 0.1) is 6.92 Å². The van der Waals surface area contributed by atoms with Crippen molar-refractivity contribution < 1.29 is 9.53 Å². The molecule has 0 aliphatic carbocycles. The zero-order valence-corrected chi connectivity index (χ0v) is 14.9. The van der Waals surface area contributed by atoms with E-state index in [0.29, 0.717) is 23.8 Å². The summed E-state index contributed by atoms with van der Waals surface area (Å²) in [6.45, 7) is 2.82. The summed E-state index contributed by atoms with van der Waals surface area (Å²) in [4.78, 5) is 18.5. The van der Waals surface area contributed by atoms with Crippen molar-refractivity contribution in [3.8, 4) is 10.6 Å². The Kier molecular flexibility index (Phi) is 5.47. The van der Waals surface area contributed by atoms with Crippen LogP contribution in [-0.2, 0) is 4.74 Å². The molecule has 0 spiro atoms. The van der Waals surface area contributed by atoms with E-state index in [9.17, 15) is 4.79 Å². The predicted octanol–water partition coefficient (Wildman–Crippen LogP) is 3.20. The molecule has 25 heavy (non-hydrogen) atoms. The lowest BCUT2D eigenvalue weighted by atomic mass is 10.1. The van der Waals surface area contributed by atoms with E-state index < -0.39 is 0 Å². The predicted molar refractivity (Wildman–Crippen MR) is 97.9 cm³/mol. The zero-order chi connectivity index (χ0) is 17.6. The molecule has 0 saturated carbocycles. The summed E-state index contributed by atoms with van der Waals surface area (Å²) in [6.07, 6.45) is 3.41. The quantitative estimate of drug-likeness (QED) is 0.680. The monoisotopic (exact) mass is 354 g/mol. The van der Waals surface area contributed by atoms with Gasteiger partial charge < -0.3 is 4.74 Å². The van der Waals surface area contributed by atoms with Gasteiger partial charge in [0.1, 0.15) is 5.01 Å². The normalized spacial score (nSPS) is 10.6. The maximum Gasteiger partial charge on any atom is 0.260 e. The number of methoxy groups -OCH3 is 1. The minimum absolute atomic E-state index is 0.116. The molecule has 7 heteroatoms. The Balaban J connectivity index is 1.89. The van der Waals surface area contributed by atoms with E-state index in [1.54, 1.807) is 24.4 Å². The van der Waals surface area contributed by atoms with E-state index in [-0.39, 0.29) is 5.91 Å². The Morgan fingerprint density at radius 3 is 2.52 bits per heavy atom. The van der Waals surface area contributed by atoms with E-state index >= 15 is 0 Å². The van der Waals surface area contributed by atoms with Gasteiger partial charge in [0.25, 0.3) is 5.91 Å². The van der Waals surface area contributed by atoms with Crippen LogP contribution in [0.1, 0.15) is 15.9 Å². The molecule has 3 rings (SSSR count). The average Bonchev–Trinajstić information content (AvgIpc) is 3.13. The number of anilines is 1. The fourth-order valence-electron chi connectivity index (χ4n) is 2.25. The maximum atomic E-state index is 12.9. The number of carbonyl (C=O) groups excluding carboxylic acids is 1. The van der Waals surface area contributed by atoms with Crippen LogP contribution in [0.2, 0.25) is 0 Å². The molecule has 3 aromatic rings. The topological polar surface area (TPSA) is 68.2 Å². The van der Waals surface area contributed by atoms with Crippen molar-refractivity contribution in [3.05, 3.63) is 59.9 Å². The van der Waals surface area contributed by atoms with Crippen LogP contribution in [0.5, 0.6) is 0 Å². The number of amides is 1. The summed E-state index contributed by atoms with van der Waals surface area (Å²) < 4.78 is 5.14. The van der Waals surface area contributed by atoms with Crippen LogP contribution in [0.4, 0.5) is 5.13 Å². The number of nitrogens with zero attached hydrogens (tertiary/aromatic N) is 4. The molecular weight excluding hydrogens is 336 g/mol. The molecule has 0 saturated heterocycles. The molecule has 0 radical (unpaired) electrons. The fourth-order valence-corrected chi connectivity index (χ4v) is 3.13. The summed E-state index contributed by atoms with van der Waals surface area (Å²) in [5.41, 5.74) is 2.64. The van der Waals surface area contributed by atoms with Crippen LogP contribution >= 0.6 is 11.3 Å². The smallest absolute Gasteiger partial charge is 0.260 e. The average molecular weight is 354 g/mol. The first-order valence-corrected chi connectivity index (χ1v) is 8.62. The van der Waals surface area contributed by atoms with Crippen molar-refractivity contribution in [2.24, 2.45) is 0 Å². The van der Waals surface area contributed by atoms with Gasteiger partial charge in [0, 0.05) is 30.6 Å². The van der Waals surface area contributed by atoms with Crippen molar-refractivity contribution in [2.45, 2.75) is 6.92 Å². The van der Waals surface area contributed by atoms with E-state index in [1.165, 1.54) is 11.3 Å². The number of aryl methyl sites for hydroxylation is 1. The largest absolute Gasteiger partial charge is 0.383 e. The van der Waals surface area contributed by atoms with Crippen molar-refractivity contribution in [2.75, 3.05) is 25.2 Å². The number of benzene rings is 1.